The van der Waals surface area contributed by atoms with Crippen molar-refractivity contribution >= 4 is 29.1 Å². The first-order chi connectivity index (χ1) is 8.00. The number of carbonyl (C=O) groups excluding carboxylic acids is 1. The fourth-order valence-corrected chi connectivity index (χ4v) is 1.60. The van der Waals surface area contributed by atoms with Crippen LogP contribution >= 0.6 is 23.2 Å². The van der Waals surface area contributed by atoms with E-state index in [2.05, 4.69) is 5.32 Å². The van der Waals surface area contributed by atoms with Gasteiger partial charge in [-0.25, -0.2) is 0 Å². The molecule has 1 unspecified atom stereocenters. The molecule has 1 aromatic carbocycles. The fourth-order valence-electron chi connectivity index (χ4n) is 1.32. The Balaban J connectivity index is 2.43. The van der Waals surface area contributed by atoms with Gasteiger partial charge in [0, 0.05) is 11.6 Å². The summed E-state index contributed by atoms with van der Waals surface area (Å²) in [6.45, 7) is 4.54. The van der Waals surface area contributed by atoms with Crippen LogP contribution < -0.4 is 5.32 Å². The summed E-state index contributed by atoms with van der Waals surface area (Å²) >= 11 is 12.0. The largest absolute Gasteiger partial charge is 0.354 e. The highest BCUT2D eigenvalue weighted by molar-refractivity contribution is 6.31. The lowest BCUT2D eigenvalue weighted by atomic mass is 10.1. The first-order valence-corrected chi connectivity index (χ1v) is 6.46. The van der Waals surface area contributed by atoms with Crippen LogP contribution in [0.4, 0.5) is 0 Å². The van der Waals surface area contributed by atoms with E-state index in [1.807, 2.05) is 32.0 Å². The van der Waals surface area contributed by atoms with Gasteiger partial charge in [-0.3, -0.25) is 4.79 Å². The molecule has 0 heterocycles. The molecule has 2 nitrogen and oxygen atoms in total. The first-order valence-electron chi connectivity index (χ1n) is 5.65. The van der Waals surface area contributed by atoms with Gasteiger partial charge in [0.05, 0.1) is 11.8 Å². The first kappa shape index (κ1) is 14.3. The second kappa shape index (κ2) is 6.87. The minimum absolute atomic E-state index is 0.0369. The fraction of sp³-hybridized carbons (Fsp3) is 0.462. The van der Waals surface area contributed by atoms with Crippen molar-refractivity contribution in [1.29, 1.82) is 0 Å². The lowest BCUT2D eigenvalue weighted by Crippen LogP contribution is -2.33. The summed E-state index contributed by atoms with van der Waals surface area (Å²) < 4.78 is 0. The van der Waals surface area contributed by atoms with Crippen molar-refractivity contribution < 1.29 is 4.79 Å². The van der Waals surface area contributed by atoms with Crippen molar-refractivity contribution in [3.05, 3.63) is 34.9 Å². The van der Waals surface area contributed by atoms with Crippen LogP contribution in [0.2, 0.25) is 5.02 Å². The Morgan fingerprint density at radius 1 is 1.35 bits per heavy atom. The molecule has 4 heteroatoms. The van der Waals surface area contributed by atoms with Crippen LogP contribution in [-0.4, -0.2) is 17.8 Å². The molecule has 1 aromatic rings. The smallest absolute Gasteiger partial charge is 0.224 e. The molecular formula is C13H17Cl2NO. The predicted molar refractivity (Wildman–Crippen MR) is 72.6 cm³/mol. The molecule has 1 atom stereocenters. The summed E-state index contributed by atoms with van der Waals surface area (Å²) in [5.74, 6) is 0.293. The number of nitrogens with one attached hydrogen (secondary N) is 1. The Morgan fingerprint density at radius 2 is 2.00 bits per heavy atom. The highest BCUT2D eigenvalue weighted by Crippen LogP contribution is 2.15. The molecule has 0 bridgehead atoms. The van der Waals surface area contributed by atoms with Crippen LogP contribution in [0.25, 0.3) is 0 Å². The van der Waals surface area contributed by atoms with E-state index in [4.69, 9.17) is 23.2 Å². The molecule has 17 heavy (non-hydrogen) atoms. The standard InChI is InChI=1S/C13H17Cl2NO/c1-9(2)12(15)8-16-13(17)7-10-5-3-4-6-11(10)14/h3-6,9,12H,7-8H2,1-2H3,(H,16,17). The van der Waals surface area contributed by atoms with Crippen LogP contribution in [0.5, 0.6) is 0 Å². The molecule has 1 rings (SSSR count). The number of hydrogen-bond acceptors (Lipinski definition) is 1. The van der Waals surface area contributed by atoms with Gasteiger partial charge in [-0.2, -0.15) is 0 Å². The number of alkyl halides is 1. The van der Waals surface area contributed by atoms with Crippen LogP contribution in [0, 0.1) is 5.92 Å². The maximum absolute atomic E-state index is 11.7. The number of hydrogen-bond donors (Lipinski definition) is 1. The third-order valence-corrected chi connectivity index (χ3v) is 3.55. The lowest BCUT2D eigenvalue weighted by molar-refractivity contribution is -0.120. The molecule has 0 aliphatic carbocycles. The second-order valence-corrected chi connectivity index (χ2v) is 5.30. The molecule has 1 N–H and O–H groups in total. The summed E-state index contributed by atoms with van der Waals surface area (Å²) in [7, 11) is 0. The van der Waals surface area contributed by atoms with E-state index in [0.29, 0.717) is 23.9 Å². The summed E-state index contributed by atoms with van der Waals surface area (Å²) in [4.78, 5) is 11.7. The average Bonchev–Trinajstić information content (AvgIpc) is 2.29. The SMILES string of the molecule is CC(C)C(Cl)CNC(=O)Cc1ccccc1Cl. The van der Waals surface area contributed by atoms with Gasteiger partial charge in [0.15, 0.2) is 0 Å². The Bertz CT molecular complexity index is 379. The van der Waals surface area contributed by atoms with E-state index >= 15 is 0 Å². The van der Waals surface area contributed by atoms with Gasteiger partial charge in [-0.1, -0.05) is 43.6 Å². The van der Waals surface area contributed by atoms with Gasteiger partial charge in [-0.05, 0) is 17.5 Å². The van der Waals surface area contributed by atoms with Crippen molar-refractivity contribution in [1.82, 2.24) is 5.32 Å². The molecule has 0 aliphatic heterocycles. The highest BCUT2D eigenvalue weighted by atomic mass is 35.5. The van der Waals surface area contributed by atoms with E-state index < -0.39 is 0 Å². The van der Waals surface area contributed by atoms with Gasteiger partial charge in [-0.15, -0.1) is 11.6 Å². The van der Waals surface area contributed by atoms with Crippen LogP contribution in [-0.2, 0) is 11.2 Å². The minimum Gasteiger partial charge on any atom is -0.354 e. The minimum atomic E-state index is -0.0515. The van der Waals surface area contributed by atoms with Crippen molar-refractivity contribution in [3.8, 4) is 0 Å². The molecule has 0 aliphatic rings. The van der Waals surface area contributed by atoms with Gasteiger partial charge in [0.1, 0.15) is 0 Å². The number of halogens is 2. The third-order valence-electron chi connectivity index (χ3n) is 2.53. The van der Waals surface area contributed by atoms with Gasteiger partial charge >= 0.3 is 0 Å². The van der Waals surface area contributed by atoms with Crippen molar-refractivity contribution in [2.45, 2.75) is 25.6 Å². The average molecular weight is 274 g/mol. The molecule has 0 saturated carbocycles. The topological polar surface area (TPSA) is 29.1 Å². The van der Waals surface area contributed by atoms with E-state index in [1.165, 1.54) is 0 Å². The highest BCUT2D eigenvalue weighted by Gasteiger charge is 2.12. The summed E-state index contributed by atoms with van der Waals surface area (Å²) in [6.07, 6.45) is 0.293. The normalized spacial score (nSPS) is 12.5. The summed E-state index contributed by atoms with van der Waals surface area (Å²) in [5, 5.41) is 3.39. The third kappa shape index (κ3) is 4.97. The van der Waals surface area contributed by atoms with Crippen molar-refractivity contribution in [3.63, 3.8) is 0 Å². The maximum Gasteiger partial charge on any atom is 0.224 e. The molecule has 0 fully saturated rings. The summed E-state index contributed by atoms with van der Waals surface area (Å²) in [5.41, 5.74) is 0.835. The molecule has 0 saturated heterocycles. The molecule has 94 valence electrons. The Labute approximate surface area is 112 Å². The van der Waals surface area contributed by atoms with E-state index in [-0.39, 0.29) is 11.3 Å². The van der Waals surface area contributed by atoms with Crippen molar-refractivity contribution in [2.75, 3.05) is 6.54 Å². The second-order valence-electron chi connectivity index (χ2n) is 4.33. The van der Waals surface area contributed by atoms with E-state index in [1.54, 1.807) is 6.07 Å². The zero-order valence-corrected chi connectivity index (χ0v) is 11.6. The number of rotatable bonds is 5. The van der Waals surface area contributed by atoms with Crippen LogP contribution in [0.1, 0.15) is 19.4 Å². The molecule has 0 radical (unpaired) electrons. The Morgan fingerprint density at radius 3 is 2.59 bits per heavy atom. The predicted octanol–water partition coefficient (Wildman–Crippen LogP) is 3.26. The number of carbonyl (C=O) groups is 1. The molecular weight excluding hydrogens is 257 g/mol. The van der Waals surface area contributed by atoms with E-state index in [0.717, 1.165) is 5.56 Å². The lowest BCUT2D eigenvalue weighted by Gasteiger charge is -2.14. The maximum atomic E-state index is 11.7. The van der Waals surface area contributed by atoms with Crippen molar-refractivity contribution in [2.24, 2.45) is 5.92 Å². The quantitative estimate of drug-likeness (QED) is 0.820. The molecule has 1 amide bonds. The van der Waals surface area contributed by atoms with Gasteiger partial charge in [0.2, 0.25) is 5.91 Å². The Hall–Kier alpha value is -0.730. The number of amides is 1. The zero-order valence-electron chi connectivity index (χ0n) is 10.0. The van der Waals surface area contributed by atoms with E-state index in [9.17, 15) is 4.79 Å². The van der Waals surface area contributed by atoms with Crippen LogP contribution in [0.3, 0.4) is 0 Å². The van der Waals surface area contributed by atoms with Gasteiger partial charge in [0.25, 0.3) is 0 Å². The summed E-state index contributed by atoms with van der Waals surface area (Å²) in [6, 6.07) is 7.34. The number of benzene rings is 1. The zero-order chi connectivity index (χ0) is 12.8. The molecule has 0 aromatic heterocycles. The Kier molecular flexibility index (Phi) is 5.79. The molecule has 0 spiro atoms. The van der Waals surface area contributed by atoms with Gasteiger partial charge < -0.3 is 5.32 Å². The van der Waals surface area contributed by atoms with Crippen LogP contribution in [0.15, 0.2) is 24.3 Å². The monoisotopic (exact) mass is 273 g/mol.